The summed E-state index contributed by atoms with van der Waals surface area (Å²) in [7, 11) is 0. The summed E-state index contributed by atoms with van der Waals surface area (Å²) in [5, 5.41) is 0. The third-order valence-corrected chi connectivity index (χ3v) is 6.44. The molecule has 0 spiro atoms. The van der Waals surface area contributed by atoms with Crippen LogP contribution in [-0.4, -0.2) is 40.6 Å². The van der Waals surface area contributed by atoms with E-state index in [1.54, 1.807) is 0 Å². The highest BCUT2D eigenvalue weighted by Crippen LogP contribution is 2.43. The van der Waals surface area contributed by atoms with Gasteiger partial charge in [-0.05, 0) is 43.3 Å². The molecule has 3 aliphatic rings. The smallest absolute Gasteiger partial charge is 0.0197 e. The Kier molecular flexibility index (Phi) is 3.21. The monoisotopic (exact) mass is 254 g/mol. The number of rotatable bonds is 1. The number of piperidine rings is 1. The highest BCUT2D eigenvalue weighted by atomic mass is 32.2. The Labute approximate surface area is 110 Å². The van der Waals surface area contributed by atoms with Crippen molar-refractivity contribution in [2.24, 2.45) is 11.1 Å². The Morgan fingerprint density at radius 1 is 1.12 bits per heavy atom. The van der Waals surface area contributed by atoms with Gasteiger partial charge >= 0.3 is 0 Å². The maximum atomic E-state index is 6.17. The van der Waals surface area contributed by atoms with Gasteiger partial charge in [-0.15, -0.1) is 0 Å². The zero-order chi connectivity index (χ0) is 12.0. The van der Waals surface area contributed by atoms with Crippen LogP contribution in [0.2, 0.25) is 0 Å². The number of fused-ring (bicyclic) bond motifs is 2. The number of nitrogens with zero attached hydrogens (tertiary/aromatic N) is 1. The molecule has 2 bridgehead atoms. The second-order valence-electron chi connectivity index (χ2n) is 7.10. The minimum atomic E-state index is 0.480. The summed E-state index contributed by atoms with van der Waals surface area (Å²) < 4.78 is 0. The van der Waals surface area contributed by atoms with Gasteiger partial charge in [0, 0.05) is 29.9 Å². The predicted molar refractivity (Wildman–Crippen MR) is 75.4 cm³/mol. The van der Waals surface area contributed by atoms with Crippen molar-refractivity contribution < 1.29 is 0 Å². The molecule has 0 amide bonds. The zero-order valence-corrected chi connectivity index (χ0v) is 12.0. The molecular weight excluding hydrogens is 228 g/mol. The van der Waals surface area contributed by atoms with Gasteiger partial charge in [0.25, 0.3) is 0 Å². The molecule has 3 fully saturated rings. The lowest BCUT2D eigenvalue weighted by Crippen LogP contribution is -2.54. The minimum absolute atomic E-state index is 0.480. The molecular formula is C14H26N2S. The number of hydrogen-bond acceptors (Lipinski definition) is 3. The first-order valence-corrected chi connectivity index (χ1v) is 8.31. The van der Waals surface area contributed by atoms with E-state index in [1.165, 1.54) is 43.6 Å². The maximum Gasteiger partial charge on any atom is 0.0197 e. The van der Waals surface area contributed by atoms with Crippen molar-refractivity contribution in [1.82, 2.24) is 4.90 Å². The van der Waals surface area contributed by atoms with Gasteiger partial charge in [-0.2, -0.15) is 11.8 Å². The van der Waals surface area contributed by atoms with Crippen molar-refractivity contribution in [1.29, 1.82) is 0 Å². The fourth-order valence-corrected chi connectivity index (χ4v) is 5.62. The summed E-state index contributed by atoms with van der Waals surface area (Å²) in [4.78, 5) is 2.87. The van der Waals surface area contributed by atoms with Crippen LogP contribution in [0.25, 0.3) is 0 Å². The van der Waals surface area contributed by atoms with Crippen molar-refractivity contribution in [2.75, 3.05) is 11.5 Å². The van der Waals surface area contributed by atoms with Crippen LogP contribution in [0, 0.1) is 5.41 Å². The normalized spacial score (nSPS) is 46.1. The topological polar surface area (TPSA) is 29.3 Å². The molecule has 17 heavy (non-hydrogen) atoms. The first-order valence-electron chi connectivity index (χ1n) is 7.16. The van der Waals surface area contributed by atoms with Crippen LogP contribution in [0.5, 0.6) is 0 Å². The van der Waals surface area contributed by atoms with Gasteiger partial charge in [-0.1, -0.05) is 13.8 Å². The second-order valence-corrected chi connectivity index (χ2v) is 8.13. The highest BCUT2D eigenvalue weighted by molar-refractivity contribution is 7.99. The van der Waals surface area contributed by atoms with E-state index in [2.05, 4.69) is 30.5 Å². The van der Waals surface area contributed by atoms with Crippen LogP contribution < -0.4 is 5.73 Å². The largest absolute Gasteiger partial charge is 0.328 e. The Bertz CT molecular complexity index is 278. The van der Waals surface area contributed by atoms with Gasteiger partial charge in [0.15, 0.2) is 0 Å². The van der Waals surface area contributed by atoms with Crippen LogP contribution in [0.3, 0.4) is 0 Å². The second kappa shape index (κ2) is 4.43. The molecule has 3 atom stereocenters. The van der Waals surface area contributed by atoms with Gasteiger partial charge in [-0.3, -0.25) is 4.90 Å². The molecule has 0 radical (unpaired) electrons. The molecule has 3 heterocycles. The lowest BCUT2D eigenvalue weighted by Gasteiger charge is -2.47. The summed E-state index contributed by atoms with van der Waals surface area (Å²) in [5.74, 6) is 2.69. The van der Waals surface area contributed by atoms with E-state index in [9.17, 15) is 0 Å². The van der Waals surface area contributed by atoms with Gasteiger partial charge in [-0.25, -0.2) is 0 Å². The van der Waals surface area contributed by atoms with E-state index in [0.29, 0.717) is 11.5 Å². The van der Waals surface area contributed by atoms with Crippen LogP contribution in [0.15, 0.2) is 0 Å². The van der Waals surface area contributed by atoms with Gasteiger partial charge in [0.1, 0.15) is 0 Å². The minimum Gasteiger partial charge on any atom is -0.328 e. The molecule has 0 aliphatic carbocycles. The summed E-state index contributed by atoms with van der Waals surface area (Å²) in [5.41, 5.74) is 6.70. The van der Waals surface area contributed by atoms with Crippen LogP contribution in [0.1, 0.15) is 46.0 Å². The number of nitrogens with two attached hydrogens (primary N) is 1. The number of thioether (sulfide) groups is 1. The third-order valence-electron chi connectivity index (χ3n) is 4.84. The van der Waals surface area contributed by atoms with E-state index in [1.807, 2.05) is 0 Å². The van der Waals surface area contributed by atoms with Crippen molar-refractivity contribution in [3.05, 3.63) is 0 Å². The average molecular weight is 254 g/mol. The highest BCUT2D eigenvalue weighted by Gasteiger charge is 2.45. The van der Waals surface area contributed by atoms with E-state index in [4.69, 9.17) is 5.73 Å². The first-order chi connectivity index (χ1) is 8.05. The molecule has 2 N–H and O–H groups in total. The van der Waals surface area contributed by atoms with Crippen LogP contribution in [0.4, 0.5) is 0 Å². The summed E-state index contributed by atoms with van der Waals surface area (Å²) in [6.45, 7) is 4.87. The maximum absolute atomic E-state index is 6.17. The summed E-state index contributed by atoms with van der Waals surface area (Å²) in [6, 6.07) is 2.92. The molecule has 0 saturated carbocycles. The molecule has 0 aromatic carbocycles. The number of hydrogen-bond donors (Lipinski definition) is 1. The van der Waals surface area contributed by atoms with E-state index in [-0.39, 0.29) is 0 Å². The average Bonchev–Trinajstić information content (AvgIpc) is 2.50. The van der Waals surface area contributed by atoms with Crippen molar-refractivity contribution in [3.63, 3.8) is 0 Å². The summed E-state index contributed by atoms with van der Waals surface area (Å²) in [6.07, 6.45) is 6.69. The lowest BCUT2D eigenvalue weighted by molar-refractivity contribution is 0.0645. The molecule has 3 rings (SSSR count). The molecule has 98 valence electrons. The summed E-state index contributed by atoms with van der Waals surface area (Å²) >= 11 is 2.16. The van der Waals surface area contributed by atoms with Crippen LogP contribution >= 0.6 is 11.8 Å². The molecule has 0 aromatic heterocycles. The molecule has 3 unspecified atom stereocenters. The zero-order valence-electron chi connectivity index (χ0n) is 11.2. The van der Waals surface area contributed by atoms with Gasteiger partial charge in [0.05, 0.1) is 0 Å². The standard InChI is InChI=1S/C14H26N2S/c1-14(2)7-13(8-17-9-14)16-11-3-4-12(16)6-10(15)5-11/h10-13H,3-9,15H2,1-2H3. The van der Waals surface area contributed by atoms with Gasteiger partial charge in [0.2, 0.25) is 0 Å². The Hall–Kier alpha value is 0.270. The quantitative estimate of drug-likeness (QED) is 0.779. The van der Waals surface area contributed by atoms with E-state index >= 15 is 0 Å². The predicted octanol–water partition coefficient (Wildman–Crippen LogP) is 2.47. The fourth-order valence-electron chi connectivity index (χ4n) is 4.27. The molecule has 3 heteroatoms. The third kappa shape index (κ3) is 2.39. The van der Waals surface area contributed by atoms with Crippen LogP contribution in [-0.2, 0) is 0 Å². The van der Waals surface area contributed by atoms with E-state index < -0.39 is 0 Å². The molecule has 3 saturated heterocycles. The molecule has 3 aliphatic heterocycles. The van der Waals surface area contributed by atoms with Gasteiger partial charge < -0.3 is 5.73 Å². The van der Waals surface area contributed by atoms with Crippen molar-refractivity contribution in [2.45, 2.75) is 70.1 Å². The lowest BCUT2D eigenvalue weighted by atomic mass is 9.85. The Morgan fingerprint density at radius 3 is 2.35 bits per heavy atom. The van der Waals surface area contributed by atoms with Crippen molar-refractivity contribution in [3.8, 4) is 0 Å². The van der Waals surface area contributed by atoms with Crippen molar-refractivity contribution >= 4 is 11.8 Å². The fraction of sp³-hybridized carbons (Fsp3) is 1.00. The Balaban J connectivity index is 1.72. The molecule has 2 nitrogen and oxygen atoms in total. The van der Waals surface area contributed by atoms with E-state index in [0.717, 1.165) is 18.1 Å². The Morgan fingerprint density at radius 2 is 1.76 bits per heavy atom. The molecule has 0 aromatic rings. The first kappa shape index (κ1) is 12.3. The SMILES string of the molecule is CC1(C)CSCC(N2C3CCC2CC(N)C3)C1.